The molecule has 20 heavy (non-hydrogen) atoms. The standard InChI is InChI=1S/C15H23N3O2/c16-10-13-1-3-14(4-2-13)11-18-7-5-12(6-8-18)9-15(19)17-20/h1-4,12,20H,5-11,16H2,(H,17,19). The quantitative estimate of drug-likeness (QED) is 0.559. The van der Waals surface area contributed by atoms with E-state index in [4.69, 9.17) is 10.9 Å². The van der Waals surface area contributed by atoms with E-state index in [0.29, 0.717) is 18.9 Å². The van der Waals surface area contributed by atoms with E-state index in [1.807, 2.05) is 0 Å². The highest BCUT2D eigenvalue weighted by Gasteiger charge is 2.21. The third-order valence-electron chi connectivity index (χ3n) is 3.97. The van der Waals surface area contributed by atoms with Crippen molar-refractivity contribution in [2.45, 2.75) is 32.4 Å². The lowest BCUT2D eigenvalue weighted by Gasteiger charge is -2.31. The van der Waals surface area contributed by atoms with Crippen LogP contribution in [0.1, 0.15) is 30.4 Å². The highest BCUT2D eigenvalue weighted by molar-refractivity contribution is 5.74. The summed E-state index contributed by atoms with van der Waals surface area (Å²) in [5, 5.41) is 8.54. The van der Waals surface area contributed by atoms with Crippen molar-refractivity contribution in [3.63, 3.8) is 0 Å². The number of carbonyl (C=O) groups is 1. The highest BCUT2D eigenvalue weighted by Crippen LogP contribution is 2.21. The Labute approximate surface area is 119 Å². The molecule has 0 bridgehead atoms. The van der Waals surface area contributed by atoms with E-state index in [-0.39, 0.29) is 5.91 Å². The Hall–Kier alpha value is -1.43. The van der Waals surface area contributed by atoms with Crippen LogP contribution in [0.2, 0.25) is 0 Å². The molecule has 1 fully saturated rings. The molecule has 4 N–H and O–H groups in total. The topological polar surface area (TPSA) is 78.6 Å². The number of piperidine rings is 1. The van der Waals surface area contributed by atoms with Crippen molar-refractivity contribution in [1.29, 1.82) is 0 Å². The molecule has 1 aliphatic heterocycles. The Morgan fingerprint density at radius 1 is 1.25 bits per heavy atom. The summed E-state index contributed by atoms with van der Waals surface area (Å²) < 4.78 is 0. The van der Waals surface area contributed by atoms with Crippen molar-refractivity contribution in [2.24, 2.45) is 11.7 Å². The van der Waals surface area contributed by atoms with E-state index in [9.17, 15) is 4.79 Å². The zero-order valence-corrected chi connectivity index (χ0v) is 11.7. The first-order valence-electron chi connectivity index (χ1n) is 7.14. The van der Waals surface area contributed by atoms with Gasteiger partial charge in [-0.25, -0.2) is 5.48 Å². The van der Waals surface area contributed by atoms with E-state index in [2.05, 4.69) is 29.2 Å². The molecule has 1 saturated heterocycles. The van der Waals surface area contributed by atoms with Gasteiger partial charge in [-0.1, -0.05) is 24.3 Å². The monoisotopic (exact) mass is 277 g/mol. The summed E-state index contributed by atoms with van der Waals surface area (Å²) in [7, 11) is 0. The van der Waals surface area contributed by atoms with Crippen LogP contribution in [-0.2, 0) is 17.9 Å². The van der Waals surface area contributed by atoms with Crippen LogP contribution in [0.4, 0.5) is 0 Å². The molecule has 1 amide bonds. The molecule has 5 heteroatoms. The summed E-state index contributed by atoms with van der Waals surface area (Å²) in [4.78, 5) is 13.5. The smallest absolute Gasteiger partial charge is 0.243 e. The fourth-order valence-electron chi connectivity index (χ4n) is 2.70. The first kappa shape index (κ1) is 15.0. The average Bonchev–Trinajstić information content (AvgIpc) is 2.50. The largest absolute Gasteiger partial charge is 0.326 e. The first-order chi connectivity index (χ1) is 9.71. The van der Waals surface area contributed by atoms with Gasteiger partial charge in [-0.05, 0) is 43.0 Å². The lowest BCUT2D eigenvalue weighted by molar-refractivity contribution is -0.130. The van der Waals surface area contributed by atoms with Gasteiger partial charge in [0.2, 0.25) is 5.91 Å². The molecule has 5 nitrogen and oxygen atoms in total. The van der Waals surface area contributed by atoms with Crippen LogP contribution in [0.5, 0.6) is 0 Å². The van der Waals surface area contributed by atoms with Crippen LogP contribution >= 0.6 is 0 Å². The normalized spacial score (nSPS) is 17.1. The number of nitrogens with two attached hydrogens (primary N) is 1. The SMILES string of the molecule is NCc1ccc(CN2CCC(CC(=O)NO)CC2)cc1. The minimum absolute atomic E-state index is 0.277. The van der Waals surface area contributed by atoms with Crippen LogP contribution in [0.3, 0.4) is 0 Å². The molecule has 1 aliphatic rings. The van der Waals surface area contributed by atoms with Crippen molar-refractivity contribution >= 4 is 5.91 Å². The summed E-state index contributed by atoms with van der Waals surface area (Å²) >= 11 is 0. The minimum atomic E-state index is -0.277. The van der Waals surface area contributed by atoms with Gasteiger partial charge in [0.25, 0.3) is 0 Å². The van der Waals surface area contributed by atoms with Crippen molar-refractivity contribution < 1.29 is 10.0 Å². The second-order valence-electron chi connectivity index (χ2n) is 5.48. The summed E-state index contributed by atoms with van der Waals surface area (Å²) in [5.41, 5.74) is 9.76. The van der Waals surface area contributed by atoms with E-state index in [1.54, 1.807) is 5.48 Å². The van der Waals surface area contributed by atoms with Crippen LogP contribution in [0.25, 0.3) is 0 Å². The van der Waals surface area contributed by atoms with Crippen LogP contribution < -0.4 is 11.2 Å². The lowest BCUT2D eigenvalue weighted by atomic mass is 9.93. The number of carbonyl (C=O) groups excluding carboxylic acids is 1. The summed E-state index contributed by atoms with van der Waals surface area (Å²) in [6, 6.07) is 8.42. The number of rotatable bonds is 5. The lowest BCUT2D eigenvalue weighted by Crippen LogP contribution is -2.35. The van der Waals surface area contributed by atoms with Crippen LogP contribution in [0, 0.1) is 5.92 Å². The van der Waals surface area contributed by atoms with Crippen LogP contribution in [0.15, 0.2) is 24.3 Å². The molecule has 1 heterocycles. The Kier molecular flexibility index (Phi) is 5.52. The number of nitrogens with zero attached hydrogens (tertiary/aromatic N) is 1. The van der Waals surface area contributed by atoms with Gasteiger partial charge in [-0.2, -0.15) is 0 Å². The molecule has 0 radical (unpaired) electrons. The number of benzene rings is 1. The van der Waals surface area contributed by atoms with Crippen molar-refractivity contribution in [3.8, 4) is 0 Å². The maximum Gasteiger partial charge on any atom is 0.243 e. The predicted octanol–water partition coefficient (Wildman–Crippen LogP) is 1.25. The third kappa shape index (κ3) is 4.30. The van der Waals surface area contributed by atoms with E-state index in [0.717, 1.165) is 38.0 Å². The molecular formula is C15H23N3O2. The minimum Gasteiger partial charge on any atom is -0.326 e. The van der Waals surface area contributed by atoms with Gasteiger partial charge in [0.05, 0.1) is 0 Å². The maximum atomic E-state index is 11.1. The summed E-state index contributed by atoms with van der Waals surface area (Å²) in [6.45, 7) is 3.53. The Morgan fingerprint density at radius 3 is 2.40 bits per heavy atom. The molecule has 1 aromatic carbocycles. The van der Waals surface area contributed by atoms with Gasteiger partial charge < -0.3 is 5.73 Å². The number of amides is 1. The molecule has 0 aliphatic carbocycles. The average molecular weight is 277 g/mol. The summed E-state index contributed by atoms with van der Waals surface area (Å²) in [5.74, 6) is 0.110. The van der Waals surface area contributed by atoms with Gasteiger partial charge in [0.15, 0.2) is 0 Å². The highest BCUT2D eigenvalue weighted by atomic mass is 16.5. The van der Waals surface area contributed by atoms with Crippen molar-refractivity contribution in [1.82, 2.24) is 10.4 Å². The predicted molar refractivity (Wildman–Crippen MR) is 76.9 cm³/mol. The Balaban J connectivity index is 1.77. The van der Waals surface area contributed by atoms with Gasteiger partial charge in [-0.15, -0.1) is 0 Å². The zero-order valence-electron chi connectivity index (χ0n) is 11.7. The molecule has 0 spiro atoms. The van der Waals surface area contributed by atoms with Gasteiger partial charge in [0, 0.05) is 19.5 Å². The maximum absolute atomic E-state index is 11.1. The van der Waals surface area contributed by atoms with Crippen LogP contribution in [-0.4, -0.2) is 29.1 Å². The number of hydroxylamine groups is 1. The molecule has 0 atom stereocenters. The second kappa shape index (κ2) is 7.38. The van der Waals surface area contributed by atoms with Gasteiger partial charge >= 0.3 is 0 Å². The van der Waals surface area contributed by atoms with Gasteiger partial charge in [0.1, 0.15) is 0 Å². The number of nitrogens with one attached hydrogen (secondary N) is 1. The Morgan fingerprint density at radius 2 is 1.85 bits per heavy atom. The number of hydrogen-bond donors (Lipinski definition) is 3. The van der Waals surface area contributed by atoms with Crippen molar-refractivity contribution in [3.05, 3.63) is 35.4 Å². The molecule has 0 saturated carbocycles. The second-order valence-corrected chi connectivity index (χ2v) is 5.48. The van der Waals surface area contributed by atoms with E-state index < -0.39 is 0 Å². The fourth-order valence-corrected chi connectivity index (χ4v) is 2.70. The van der Waals surface area contributed by atoms with E-state index in [1.165, 1.54) is 5.56 Å². The molecule has 0 unspecified atom stereocenters. The fraction of sp³-hybridized carbons (Fsp3) is 0.533. The van der Waals surface area contributed by atoms with Gasteiger partial charge in [-0.3, -0.25) is 14.9 Å². The Bertz CT molecular complexity index is 425. The summed E-state index contributed by atoms with van der Waals surface area (Å²) in [6.07, 6.45) is 2.44. The molecule has 110 valence electrons. The first-order valence-corrected chi connectivity index (χ1v) is 7.14. The molecular weight excluding hydrogens is 254 g/mol. The van der Waals surface area contributed by atoms with Crippen molar-refractivity contribution in [2.75, 3.05) is 13.1 Å². The number of likely N-dealkylation sites (tertiary alicyclic amines) is 1. The third-order valence-corrected chi connectivity index (χ3v) is 3.97. The van der Waals surface area contributed by atoms with E-state index >= 15 is 0 Å². The molecule has 0 aromatic heterocycles. The number of hydrogen-bond acceptors (Lipinski definition) is 4. The molecule has 1 aromatic rings. The zero-order chi connectivity index (χ0) is 14.4. The molecule has 2 rings (SSSR count).